The molecule has 0 bridgehead atoms. The monoisotopic (exact) mass is 389 g/mol. The van der Waals surface area contributed by atoms with Crippen LogP contribution < -0.4 is 11.3 Å². The van der Waals surface area contributed by atoms with Crippen molar-refractivity contribution in [2.24, 2.45) is 5.73 Å². The van der Waals surface area contributed by atoms with Gasteiger partial charge in [-0.25, -0.2) is 4.98 Å². The first-order valence-electron chi connectivity index (χ1n) is 8.58. The molecule has 0 saturated carbocycles. The summed E-state index contributed by atoms with van der Waals surface area (Å²) in [5.41, 5.74) is 6.50. The van der Waals surface area contributed by atoms with Gasteiger partial charge in [-0.2, -0.15) is 0 Å². The van der Waals surface area contributed by atoms with Crippen molar-refractivity contribution < 1.29 is 9.21 Å². The molecule has 3 heterocycles. The van der Waals surface area contributed by atoms with Crippen LogP contribution in [0.25, 0.3) is 10.2 Å². The minimum Gasteiger partial charge on any atom is -0.467 e. The van der Waals surface area contributed by atoms with Gasteiger partial charge >= 0.3 is 0 Å². The lowest BCUT2D eigenvalue weighted by Crippen LogP contribution is -2.27. The molecule has 2 N–H and O–H groups in total. The second-order valence-electron chi connectivity index (χ2n) is 6.42. The Labute approximate surface area is 158 Å². The first-order chi connectivity index (χ1) is 12.5. The maximum absolute atomic E-state index is 13.3. The maximum atomic E-state index is 13.3. The fraction of sp³-hybridized carbons (Fsp3) is 0.389. The zero-order valence-corrected chi connectivity index (χ0v) is 16.0. The van der Waals surface area contributed by atoms with E-state index in [4.69, 9.17) is 15.1 Å². The Morgan fingerprint density at radius 2 is 2.27 bits per heavy atom. The number of thiophene rings is 1. The molecule has 4 rings (SSSR count). The molecule has 1 amide bonds. The van der Waals surface area contributed by atoms with Gasteiger partial charge in [-0.3, -0.25) is 14.2 Å². The van der Waals surface area contributed by atoms with E-state index in [1.165, 1.54) is 16.6 Å². The number of hydrogen-bond donors (Lipinski definition) is 1. The van der Waals surface area contributed by atoms with E-state index in [0.29, 0.717) is 10.9 Å². The van der Waals surface area contributed by atoms with Crippen molar-refractivity contribution >= 4 is 39.2 Å². The number of hydrogen-bond acceptors (Lipinski definition) is 6. The highest BCUT2D eigenvalue weighted by Gasteiger charge is 2.24. The van der Waals surface area contributed by atoms with Crippen LogP contribution in [-0.2, 0) is 24.2 Å². The first-order valence-corrected chi connectivity index (χ1v) is 10.3. The van der Waals surface area contributed by atoms with Gasteiger partial charge in [-0.15, -0.1) is 11.3 Å². The number of primary amides is 1. The predicted octanol–water partition coefficient (Wildman–Crippen LogP) is 2.94. The van der Waals surface area contributed by atoms with Crippen LogP contribution in [0, 0.1) is 0 Å². The topological polar surface area (TPSA) is 91.1 Å². The number of aromatic nitrogens is 2. The van der Waals surface area contributed by atoms with Crippen LogP contribution in [0.15, 0.2) is 32.8 Å². The van der Waals surface area contributed by atoms with E-state index in [0.717, 1.165) is 41.5 Å². The molecule has 0 saturated heterocycles. The summed E-state index contributed by atoms with van der Waals surface area (Å²) in [5, 5.41) is 0.757. The van der Waals surface area contributed by atoms with Crippen LogP contribution in [0.2, 0.25) is 0 Å². The van der Waals surface area contributed by atoms with E-state index in [1.54, 1.807) is 35.2 Å². The lowest BCUT2D eigenvalue weighted by molar-refractivity contribution is -0.117. The SMILES string of the molecule is CC(Sc1nc2sc3c(c2c(=O)n1Cc1ccco1)CCCC3)C(N)=O. The first kappa shape index (κ1) is 17.4. The third-order valence-corrected chi connectivity index (χ3v) is 6.91. The average Bonchev–Trinajstić information content (AvgIpc) is 3.25. The Bertz CT molecular complexity index is 1020. The van der Waals surface area contributed by atoms with Crippen molar-refractivity contribution in [3.8, 4) is 0 Å². The molecule has 0 aromatic carbocycles. The molecular formula is C18H19N3O3S2. The van der Waals surface area contributed by atoms with Gasteiger partial charge in [0.05, 0.1) is 23.4 Å². The van der Waals surface area contributed by atoms with Crippen LogP contribution in [0.4, 0.5) is 0 Å². The van der Waals surface area contributed by atoms with Crippen molar-refractivity contribution in [2.75, 3.05) is 0 Å². The average molecular weight is 390 g/mol. The summed E-state index contributed by atoms with van der Waals surface area (Å²) in [5.74, 6) is 0.241. The van der Waals surface area contributed by atoms with E-state index in [-0.39, 0.29) is 12.1 Å². The van der Waals surface area contributed by atoms with Gasteiger partial charge in [-0.1, -0.05) is 11.8 Å². The van der Waals surface area contributed by atoms with Gasteiger partial charge in [0.1, 0.15) is 10.6 Å². The Kier molecular flexibility index (Phi) is 4.62. The maximum Gasteiger partial charge on any atom is 0.263 e. The van der Waals surface area contributed by atoms with Crippen LogP contribution in [0.3, 0.4) is 0 Å². The molecule has 0 fully saturated rings. The number of nitrogens with two attached hydrogens (primary N) is 1. The van der Waals surface area contributed by atoms with E-state index in [2.05, 4.69) is 0 Å². The fourth-order valence-corrected chi connectivity index (χ4v) is 5.38. The molecule has 1 aliphatic rings. The van der Waals surface area contributed by atoms with Crippen molar-refractivity contribution in [3.63, 3.8) is 0 Å². The summed E-state index contributed by atoms with van der Waals surface area (Å²) in [7, 11) is 0. The standard InChI is InChI=1S/C18H19N3O3S2/c1-10(15(19)22)25-18-20-16-14(12-6-2-3-7-13(12)26-16)17(23)21(18)9-11-5-4-8-24-11/h4-5,8,10H,2-3,6-7,9H2,1H3,(H2,19,22). The van der Waals surface area contributed by atoms with Crippen LogP contribution >= 0.6 is 23.1 Å². The molecule has 0 radical (unpaired) electrons. The Morgan fingerprint density at radius 1 is 1.46 bits per heavy atom. The summed E-state index contributed by atoms with van der Waals surface area (Å²) in [6, 6.07) is 3.61. The number of nitrogens with zero attached hydrogens (tertiary/aromatic N) is 2. The Balaban J connectivity index is 1.89. The second kappa shape index (κ2) is 6.92. The Hall–Kier alpha value is -2.06. The Morgan fingerprint density at radius 3 is 3.00 bits per heavy atom. The molecule has 26 heavy (non-hydrogen) atoms. The van der Waals surface area contributed by atoms with Crippen molar-refractivity contribution in [3.05, 3.63) is 45.0 Å². The quantitative estimate of drug-likeness (QED) is 0.535. The normalized spacial score (nSPS) is 15.1. The van der Waals surface area contributed by atoms with Gasteiger partial charge in [0.15, 0.2) is 5.16 Å². The van der Waals surface area contributed by atoms with Gasteiger partial charge in [0.25, 0.3) is 5.56 Å². The van der Waals surface area contributed by atoms with Gasteiger partial charge < -0.3 is 10.2 Å². The van der Waals surface area contributed by atoms with Gasteiger partial charge in [0, 0.05) is 4.88 Å². The molecule has 1 atom stereocenters. The molecule has 8 heteroatoms. The third kappa shape index (κ3) is 3.07. The van der Waals surface area contributed by atoms with E-state index < -0.39 is 11.2 Å². The summed E-state index contributed by atoms with van der Waals surface area (Å²) in [4.78, 5) is 31.6. The number of carbonyl (C=O) groups excluding carboxylic acids is 1. The molecule has 0 spiro atoms. The highest BCUT2D eigenvalue weighted by molar-refractivity contribution is 8.00. The highest BCUT2D eigenvalue weighted by Crippen LogP contribution is 2.35. The third-order valence-electron chi connectivity index (χ3n) is 4.62. The summed E-state index contributed by atoms with van der Waals surface area (Å²) in [6.07, 6.45) is 5.77. The number of fused-ring (bicyclic) bond motifs is 3. The zero-order chi connectivity index (χ0) is 18.3. The van der Waals surface area contributed by atoms with Crippen LogP contribution in [0.1, 0.15) is 36.0 Å². The van der Waals surface area contributed by atoms with Gasteiger partial charge in [0.2, 0.25) is 5.91 Å². The summed E-state index contributed by atoms with van der Waals surface area (Å²) >= 11 is 2.82. The zero-order valence-electron chi connectivity index (χ0n) is 14.4. The summed E-state index contributed by atoms with van der Waals surface area (Å²) < 4.78 is 7.02. The van der Waals surface area contributed by atoms with Crippen LogP contribution in [-0.4, -0.2) is 20.7 Å². The van der Waals surface area contributed by atoms with E-state index in [9.17, 15) is 9.59 Å². The fourth-order valence-electron chi connectivity index (χ4n) is 3.22. The number of thioether (sulfide) groups is 1. The second-order valence-corrected chi connectivity index (χ2v) is 8.81. The lowest BCUT2D eigenvalue weighted by atomic mass is 9.97. The number of amides is 1. The number of aryl methyl sites for hydroxylation is 2. The molecular weight excluding hydrogens is 370 g/mol. The van der Waals surface area contributed by atoms with E-state index >= 15 is 0 Å². The predicted molar refractivity (Wildman–Crippen MR) is 103 cm³/mol. The van der Waals surface area contributed by atoms with Gasteiger partial charge in [-0.05, 0) is 50.3 Å². The summed E-state index contributed by atoms with van der Waals surface area (Å²) in [6.45, 7) is 2.01. The molecule has 6 nitrogen and oxygen atoms in total. The number of furan rings is 1. The van der Waals surface area contributed by atoms with Crippen molar-refractivity contribution in [1.29, 1.82) is 0 Å². The number of rotatable bonds is 5. The minimum absolute atomic E-state index is 0.0648. The molecule has 1 aliphatic carbocycles. The van der Waals surface area contributed by atoms with Crippen molar-refractivity contribution in [2.45, 2.75) is 49.6 Å². The lowest BCUT2D eigenvalue weighted by Gasteiger charge is -2.14. The van der Waals surface area contributed by atoms with Crippen molar-refractivity contribution in [1.82, 2.24) is 9.55 Å². The molecule has 1 unspecified atom stereocenters. The minimum atomic E-state index is -0.475. The molecule has 3 aromatic heterocycles. The van der Waals surface area contributed by atoms with Crippen LogP contribution in [0.5, 0.6) is 0 Å². The smallest absolute Gasteiger partial charge is 0.263 e. The van der Waals surface area contributed by atoms with E-state index in [1.807, 2.05) is 6.07 Å². The highest BCUT2D eigenvalue weighted by atomic mass is 32.2. The molecule has 0 aliphatic heterocycles. The number of carbonyl (C=O) groups is 1. The molecule has 136 valence electrons. The largest absolute Gasteiger partial charge is 0.467 e. The molecule has 3 aromatic rings.